The quantitative estimate of drug-likeness (QED) is 0.664. The molecular formula is C14H15N3O3S. The molecule has 1 aromatic heterocycles. The number of imide groups is 1. The molecule has 0 unspecified atom stereocenters. The molecule has 7 heteroatoms. The molecule has 110 valence electrons. The maximum absolute atomic E-state index is 12.5. The van der Waals surface area contributed by atoms with Crippen LogP contribution in [0.3, 0.4) is 0 Å². The van der Waals surface area contributed by atoms with Crippen LogP contribution in [0.2, 0.25) is 0 Å². The minimum Gasteiger partial charge on any atom is -0.295 e. The molecule has 1 aliphatic rings. The molecule has 21 heavy (non-hydrogen) atoms. The third kappa shape index (κ3) is 2.08. The number of rotatable bonds is 2. The Morgan fingerprint density at radius 1 is 1.29 bits per heavy atom. The molecule has 1 atom stereocenters. The monoisotopic (exact) mass is 305 g/mol. The molecule has 0 bridgehead atoms. The topological polar surface area (TPSA) is 73.1 Å². The Morgan fingerprint density at radius 3 is 2.71 bits per heavy atom. The Morgan fingerprint density at radius 2 is 2.05 bits per heavy atom. The molecule has 0 spiro atoms. The highest BCUT2D eigenvalue weighted by atomic mass is 32.2. The van der Waals surface area contributed by atoms with Crippen molar-refractivity contribution in [2.24, 2.45) is 7.05 Å². The van der Waals surface area contributed by atoms with E-state index in [9.17, 15) is 14.4 Å². The molecule has 0 aliphatic carbocycles. The van der Waals surface area contributed by atoms with Gasteiger partial charge in [-0.15, -0.1) is 11.8 Å². The maximum atomic E-state index is 12.5. The molecule has 0 radical (unpaired) electrons. The number of imidazole rings is 1. The summed E-state index contributed by atoms with van der Waals surface area (Å²) in [6.07, 6.45) is 2.55. The fourth-order valence-electron chi connectivity index (χ4n) is 2.80. The molecular weight excluding hydrogens is 290 g/mol. The zero-order valence-corrected chi connectivity index (χ0v) is 12.6. The molecule has 2 heterocycles. The highest BCUT2D eigenvalue weighted by Gasteiger charge is 2.31. The fraction of sp³-hybridized carbons (Fsp3) is 0.357. The van der Waals surface area contributed by atoms with Crippen LogP contribution in [0.5, 0.6) is 0 Å². The summed E-state index contributed by atoms with van der Waals surface area (Å²) in [6.45, 7) is 0. The van der Waals surface area contributed by atoms with E-state index in [1.54, 1.807) is 23.4 Å². The molecule has 1 aliphatic heterocycles. The van der Waals surface area contributed by atoms with Gasteiger partial charge in [0.1, 0.15) is 6.04 Å². The summed E-state index contributed by atoms with van der Waals surface area (Å²) in [5.74, 6) is -0.690. The highest BCUT2D eigenvalue weighted by Crippen LogP contribution is 2.28. The van der Waals surface area contributed by atoms with Crippen molar-refractivity contribution in [3.8, 4) is 0 Å². The summed E-state index contributed by atoms with van der Waals surface area (Å²) in [5.41, 5.74) is 1.31. The average Bonchev–Trinajstić information content (AvgIpc) is 2.72. The van der Waals surface area contributed by atoms with Gasteiger partial charge in [0.25, 0.3) is 0 Å². The normalized spacial score (nSPS) is 19.0. The van der Waals surface area contributed by atoms with Crippen molar-refractivity contribution in [2.45, 2.75) is 23.8 Å². The van der Waals surface area contributed by atoms with Gasteiger partial charge in [-0.1, -0.05) is 6.07 Å². The van der Waals surface area contributed by atoms with Crippen molar-refractivity contribution in [1.29, 1.82) is 0 Å². The van der Waals surface area contributed by atoms with Crippen LogP contribution >= 0.6 is 11.8 Å². The van der Waals surface area contributed by atoms with E-state index in [-0.39, 0.29) is 18.0 Å². The van der Waals surface area contributed by atoms with E-state index in [2.05, 4.69) is 5.32 Å². The lowest BCUT2D eigenvalue weighted by Gasteiger charge is -2.21. The van der Waals surface area contributed by atoms with Gasteiger partial charge in [-0.2, -0.15) is 0 Å². The predicted molar refractivity (Wildman–Crippen MR) is 80.4 cm³/mol. The van der Waals surface area contributed by atoms with Crippen LogP contribution in [-0.2, 0) is 16.6 Å². The third-order valence-electron chi connectivity index (χ3n) is 3.81. The summed E-state index contributed by atoms with van der Waals surface area (Å²) in [7, 11) is 1.70. The number of para-hydroxylation sites is 1. The van der Waals surface area contributed by atoms with E-state index in [1.165, 1.54) is 4.57 Å². The number of piperidine rings is 1. The van der Waals surface area contributed by atoms with Crippen molar-refractivity contribution in [3.63, 3.8) is 0 Å². The van der Waals surface area contributed by atoms with E-state index < -0.39 is 11.9 Å². The van der Waals surface area contributed by atoms with Crippen LogP contribution in [0, 0.1) is 0 Å². The van der Waals surface area contributed by atoms with Gasteiger partial charge in [0, 0.05) is 18.4 Å². The zero-order chi connectivity index (χ0) is 15.1. The summed E-state index contributed by atoms with van der Waals surface area (Å²) in [6, 6.07) is 5.02. The number of amides is 2. The third-order valence-corrected chi connectivity index (χ3v) is 4.58. The van der Waals surface area contributed by atoms with E-state index in [4.69, 9.17) is 0 Å². The number of thioether (sulfide) groups is 1. The first-order valence-electron chi connectivity index (χ1n) is 6.62. The molecule has 6 nitrogen and oxygen atoms in total. The lowest BCUT2D eigenvalue weighted by atomic mass is 10.1. The molecule has 1 saturated heterocycles. The maximum Gasteiger partial charge on any atom is 0.329 e. The number of fused-ring (bicyclic) bond motifs is 1. The standard InChI is InChI=1S/C14H15N3O3S/c1-16-12-8(4-3-5-10(12)21-2)17(14(16)20)9-6-7-11(18)15-13(9)19/h3-5,9H,6-7H2,1-2H3,(H,15,18,19)/t9-/m1/s1. The molecule has 1 fully saturated rings. The largest absolute Gasteiger partial charge is 0.329 e. The first-order valence-corrected chi connectivity index (χ1v) is 7.84. The van der Waals surface area contributed by atoms with Crippen LogP contribution in [0.1, 0.15) is 18.9 Å². The molecule has 1 aromatic carbocycles. The van der Waals surface area contributed by atoms with E-state index in [1.807, 2.05) is 24.5 Å². The summed E-state index contributed by atoms with van der Waals surface area (Å²) in [4.78, 5) is 36.9. The number of hydrogen-bond donors (Lipinski definition) is 1. The summed E-state index contributed by atoms with van der Waals surface area (Å²) < 4.78 is 3.06. The molecule has 2 amide bonds. The minimum atomic E-state index is -0.629. The number of benzene rings is 1. The van der Waals surface area contributed by atoms with Gasteiger partial charge < -0.3 is 0 Å². The molecule has 1 N–H and O–H groups in total. The van der Waals surface area contributed by atoms with Crippen LogP contribution in [0.15, 0.2) is 27.9 Å². The van der Waals surface area contributed by atoms with Crippen molar-refractivity contribution < 1.29 is 9.59 Å². The number of aryl methyl sites for hydroxylation is 1. The van der Waals surface area contributed by atoms with Gasteiger partial charge >= 0.3 is 5.69 Å². The van der Waals surface area contributed by atoms with Gasteiger partial charge in [-0.05, 0) is 24.8 Å². The molecule has 2 aromatic rings. The van der Waals surface area contributed by atoms with Crippen LogP contribution in [0.25, 0.3) is 11.0 Å². The van der Waals surface area contributed by atoms with Crippen molar-refractivity contribution in [3.05, 3.63) is 28.7 Å². The van der Waals surface area contributed by atoms with E-state index in [0.717, 1.165) is 15.9 Å². The van der Waals surface area contributed by atoms with Gasteiger partial charge in [-0.3, -0.25) is 24.0 Å². The van der Waals surface area contributed by atoms with E-state index in [0.29, 0.717) is 6.42 Å². The van der Waals surface area contributed by atoms with Gasteiger partial charge in [0.05, 0.1) is 11.0 Å². The lowest BCUT2D eigenvalue weighted by molar-refractivity contribution is -0.135. The second-order valence-corrected chi connectivity index (χ2v) is 5.85. The summed E-state index contributed by atoms with van der Waals surface area (Å²) in [5, 5.41) is 2.31. The number of carbonyl (C=O) groups is 2. The molecule has 0 saturated carbocycles. The first kappa shape index (κ1) is 13.9. The minimum absolute atomic E-state index is 0.235. The van der Waals surface area contributed by atoms with E-state index >= 15 is 0 Å². The second kappa shape index (κ2) is 5.07. The zero-order valence-electron chi connectivity index (χ0n) is 11.8. The first-order chi connectivity index (χ1) is 10.0. The van der Waals surface area contributed by atoms with Crippen molar-refractivity contribution in [2.75, 3.05) is 6.26 Å². The Kier molecular flexibility index (Phi) is 3.36. The number of aromatic nitrogens is 2. The second-order valence-electron chi connectivity index (χ2n) is 5.01. The van der Waals surface area contributed by atoms with Gasteiger partial charge in [-0.25, -0.2) is 4.79 Å². The number of nitrogens with one attached hydrogen (secondary N) is 1. The predicted octanol–water partition coefficient (Wildman–Crippen LogP) is 1.04. The summed E-state index contributed by atoms with van der Waals surface area (Å²) >= 11 is 1.55. The average molecular weight is 305 g/mol. The van der Waals surface area contributed by atoms with Gasteiger partial charge in [0.2, 0.25) is 11.8 Å². The number of carbonyl (C=O) groups excluding carboxylic acids is 2. The van der Waals surface area contributed by atoms with Crippen LogP contribution in [0.4, 0.5) is 0 Å². The van der Waals surface area contributed by atoms with Gasteiger partial charge in [0.15, 0.2) is 0 Å². The molecule has 3 rings (SSSR count). The Balaban J connectivity index is 2.24. The lowest BCUT2D eigenvalue weighted by Crippen LogP contribution is -2.44. The van der Waals surface area contributed by atoms with Crippen LogP contribution < -0.4 is 11.0 Å². The number of hydrogen-bond acceptors (Lipinski definition) is 4. The SMILES string of the molecule is CSc1cccc2c1n(C)c(=O)n2[C@@H]1CCC(=O)NC1=O. The smallest absolute Gasteiger partial charge is 0.295 e. The van der Waals surface area contributed by atoms with Crippen molar-refractivity contribution >= 4 is 34.6 Å². The highest BCUT2D eigenvalue weighted by molar-refractivity contribution is 7.98. The van der Waals surface area contributed by atoms with Crippen LogP contribution in [-0.4, -0.2) is 27.2 Å². The number of nitrogens with zero attached hydrogens (tertiary/aromatic N) is 2. The fourth-order valence-corrected chi connectivity index (χ4v) is 3.45. The Bertz CT molecular complexity index is 806. The Labute approximate surface area is 125 Å². The Hall–Kier alpha value is -2.02. The van der Waals surface area contributed by atoms with Crippen molar-refractivity contribution in [1.82, 2.24) is 14.5 Å².